The fourth-order valence-corrected chi connectivity index (χ4v) is 3.74. The van der Waals surface area contributed by atoms with Crippen LogP contribution >= 0.6 is 11.6 Å². The fourth-order valence-electron chi connectivity index (χ4n) is 2.57. The Morgan fingerprint density at radius 3 is 2.60 bits per heavy atom. The maximum absolute atomic E-state index is 12.3. The highest BCUT2D eigenvalue weighted by Crippen LogP contribution is 2.20. The van der Waals surface area contributed by atoms with Gasteiger partial charge in [0.2, 0.25) is 5.91 Å². The molecule has 110 valence electrons. The molecule has 1 aromatic carbocycles. The summed E-state index contributed by atoms with van der Waals surface area (Å²) in [6, 6.07) is 6.97. The van der Waals surface area contributed by atoms with Crippen LogP contribution in [0.2, 0.25) is 5.02 Å². The zero-order valence-corrected chi connectivity index (χ0v) is 13.0. The van der Waals surface area contributed by atoms with Crippen molar-refractivity contribution in [3.63, 3.8) is 0 Å². The Labute approximate surface area is 124 Å². The molecular weight excluding hydrogens is 298 g/mol. The molecule has 1 aliphatic rings. The lowest BCUT2D eigenvalue weighted by Crippen LogP contribution is -2.40. The van der Waals surface area contributed by atoms with Gasteiger partial charge in [-0.05, 0) is 30.5 Å². The number of halogens is 1. The third kappa shape index (κ3) is 4.21. The van der Waals surface area contributed by atoms with Gasteiger partial charge in [0.15, 0.2) is 0 Å². The summed E-state index contributed by atoms with van der Waals surface area (Å²) in [4.78, 5) is 14.0. The predicted molar refractivity (Wildman–Crippen MR) is 79.6 cm³/mol. The number of carbonyl (C=O) groups is 1. The quantitative estimate of drug-likeness (QED) is 0.853. The second-order valence-electron chi connectivity index (χ2n) is 5.28. The van der Waals surface area contributed by atoms with Crippen molar-refractivity contribution in [2.45, 2.75) is 25.3 Å². The molecule has 0 unspecified atom stereocenters. The zero-order chi connectivity index (χ0) is 14.8. The summed E-state index contributed by atoms with van der Waals surface area (Å²) in [5, 5.41) is 0.636. The molecule has 0 aliphatic carbocycles. The van der Waals surface area contributed by atoms with E-state index in [1.807, 2.05) is 12.1 Å². The molecule has 0 aromatic heterocycles. The molecule has 1 saturated heterocycles. The van der Waals surface area contributed by atoms with Crippen molar-refractivity contribution in [3.8, 4) is 0 Å². The number of hydrogen-bond acceptors (Lipinski definition) is 3. The van der Waals surface area contributed by atoms with E-state index < -0.39 is 9.84 Å². The van der Waals surface area contributed by atoms with Crippen molar-refractivity contribution < 1.29 is 13.2 Å². The van der Waals surface area contributed by atoms with Gasteiger partial charge < -0.3 is 4.90 Å². The zero-order valence-electron chi connectivity index (χ0n) is 11.4. The number of hydrogen-bond donors (Lipinski definition) is 0. The smallest absolute Gasteiger partial charge is 0.227 e. The highest BCUT2D eigenvalue weighted by atomic mass is 35.5. The van der Waals surface area contributed by atoms with Crippen molar-refractivity contribution >= 4 is 27.3 Å². The first kappa shape index (κ1) is 15.3. The molecule has 1 amide bonds. The lowest BCUT2D eigenvalue weighted by atomic mass is 10.1. The van der Waals surface area contributed by atoms with E-state index in [1.54, 1.807) is 17.0 Å². The lowest BCUT2D eigenvalue weighted by Gasteiger charge is -2.24. The van der Waals surface area contributed by atoms with Gasteiger partial charge in [0.05, 0.1) is 12.2 Å². The molecule has 0 bridgehead atoms. The maximum Gasteiger partial charge on any atom is 0.227 e. The maximum atomic E-state index is 12.3. The third-order valence-electron chi connectivity index (χ3n) is 3.46. The van der Waals surface area contributed by atoms with Gasteiger partial charge in [0.25, 0.3) is 0 Å². The van der Waals surface area contributed by atoms with Gasteiger partial charge in [0.1, 0.15) is 9.84 Å². The Hall–Kier alpha value is -1.07. The Balaban J connectivity index is 2.02. The summed E-state index contributed by atoms with van der Waals surface area (Å²) < 4.78 is 22.8. The van der Waals surface area contributed by atoms with Crippen molar-refractivity contribution in [2.75, 3.05) is 18.6 Å². The molecule has 2 rings (SSSR count). The van der Waals surface area contributed by atoms with Gasteiger partial charge in [-0.2, -0.15) is 0 Å². The fraction of sp³-hybridized carbons (Fsp3) is 0.500. The molecule has 0 radical (unpaired) electrons. The normalized spacial score (nSPS) is 19.3. The van der Waals surface area contributed by atoms with Crippen molar-refractivity contribution in [1.82, 2.24) is 4.90 Å². The average molecular weight is 316 g/mol. The van der Waals surface area contributed by atoms with Crippen LogP contribution < -0.4 is 0 Å². The molecule has 0 saturated carbocycles. The number of amides is 1. The minimum absolute atomic E-state index is 0.0153. The Bertz CT molecular complexity index is 583. The van der Waals surface area contributed by atoms with E-state index >= 15 is 0 Å². The topological polar surface area (TPSA) is 54.5 Å². The van der Waals surface area contributed by atoms with Crippen molar-refractivity contribution in [2.24, 2.45) is 0 Å². The van der Waals surface area contributed by atoms with E-state index in [-0.39, 0.29) is 24.1 Å². The molecule has 1 fully saturated rings. The molecule has 1 atom stereocenters. The molecule has 1 aliphatic heterocycles. The van der Waals surface area contributed by atoms with Crippen LogP contribution in [0.5, 0.6) is 0 Å². The first-order valence-electron chi connectivity index (χ1n) is 6.57. The van der Waals surface area contributed by atoms with Crippen LogP contribution in [-0.4, -0.2) is 43.8 Å². The Morgan fingerprint density at radius 2 is 2.00 bits per heavy atom. The number of nitrogens with zero attached hydrogens (tertiary/aromatic N) is 1. The summed E-state index contributed by atoms with van der Waals surface area (Å²) in [6.45, 7) is 0.645. The molecule has 1 heterocycles. The average Bonchev–Trinajstić information content (AvgIpc) is 2.78. The van der Waals surface area contributed by atoms with E-state index in [4.69, 9.17) is 11.6 Å². The van der Waals surface area contributed by atoms with Gasteiger partial charge >= 0.3 is 0 Å². The number of rotatable bonds is 4. The minimum Gasteiger partial charge on any atom is -0.338 e. The van der Waals surface area contributed by atoms with E-state index in [1.165, 1.54) is 6.26 Å². The largest absolute Gasteiger partial charge is 0.338 e. The van der Waals surface area contributed by atoms with Gasteiger partial charge in [-0.1, -0.05) is 23.7 Å². The second kappa shape index (κ2) is 6.14. The van der Waals surface area contributed by atoms with E-state index in [0.717, 1.165) is 18.4 Å². The van der Waals surface area contributed by atoms with E-state index in [2.05, 4.69) is 0 Å². The van der Waals surface area contributed by atoms with Crippen LogP contribution in [0.3, 0.4) is 0 Å². The first-order valence-corrected chi connectivity index (χ1v) is 9.00. The number of likely N-dealkylation sites (tertiary alicyclic amines) is 1. The lowest BCUT2D eigenvalue weighted by molar-refractivity contribution is -0.130. The van der Waals surface area contributed by atoms with Gasteiger partial charge in [-0.3, -0.25) is 4.79 Å². The molecular formula is C14H18ClNO3S. The van der Waals surface area contributed by atoms with Gasteiger partial charge in [0, 0.05) is 23.9 Å². The summed E-state index contributed by atoms with van der Waals surface area (Å²) in [5.74, 6) is 0.0396. The van der Waals surface area contributed by atoms with Gasteiger partial charge in [-0.15, -0.1) is 0 Å². The summed E-state index contributed by atoms with van der Waals surface area (Å²) in [7, 11) is -3.06. The molecule has 0 spiro atoms. The number of benzene rings is 1. The van der Waals surface area contributed by atoms with Crippen LogP contribution in [0.25, 0.3) is 0 Å². The van der Waals surface area contributed by atoms with Crippen LogP contribution in [0, 0.1) is 0 Å². The Kier molecular flexibility index (Phi) is 4.70. The van der Waals surface area contributed by atoms with Crippen LogP contribution in [0.15, 0.2) is 24.3 Å². The summed E-state index contributed by atoms with van der Waals surface area (Å²) >= 11 is 5.81. The highest BCUT2D eigenvalue weighted by Gasteiger charge is 2.30. The summed E-state index contributed by atoms with van der Waals surface area (Å²) in [6.07, 6.45) is 3.14. The highest BCUT2D eigenvalue weighted by molar-refractivity contribution is 7.90. The first-order chi connectivity index (χ1) is 9.35. The van der Waals surface area contributed by atoms with Crippen molar-refractivity contribution in [3.05, 3.63) is 34.9 Å². The van der Waals surface area contributed by atoms with Crippen LogP contribution in [0.4, 0.5) is 0 Å². The number of carbonyl (C=O) groups excluding carboxylic acids is 1. The standard InChI is InChI=1S/C14H18ClNO3S/c1-20(18,19)10-13-3-2-8-16(13)14(17)9-11-4-6-12(15)7-5-11/h4-7,13H,2-3,8-10H2,1H3/t13-/m1/s1. The Morgan fingerprint density at radius 1 is 1.35 bits per heavy atom. The molecule has 4 nitrogen and oxygen atoms in total. The summed E-state index contributed by atoms with van der Waals surface area (Å²) in [5.41, 5.74) is 0.893. The third-order valence-corrected chi connectivity index (χ3v) is 4.70. The molecule has 0 N–H and O–H groups in total. The van der Waals surface area contributed by atoms with Gasteiger partial charge in [-0.25, -0.2) is 8.42 Å². The van der Waals surface area contributed by atoms with Crippen molar-refractivity contribution in [1.29, 1.82) is 0 Å². The van der Waals surface area contributed by atoms with Crippen LogP contribution in [-0.2, 0) is 21.1 Å². The molecule has 6 heteroatoms. The van der Waals surface area contributed by atoms with E-state index in [9.17, 15) is 13.2 Å². The number of sulfone groups is 1. The SMILES string of the molecule is CS(=O)(=O)C[C@H]1CCCN1C(=O)Cc1ccc(Cl)cc1. The monoisotopic (exact) mass is 315 g/mol. The van der Waals surface area contributed by atoms with Crippen LogP contribution in [0.1, 0.15) is 18.4 Å². The second-order valence-corrected chi connectivity index (χ2v) is 7.90. The molecule has 1 aromatic rings. The van der Waals surface area contributed by atoms with E-state index in [0.29, 0.717) is 11.6 Å². The molecule has 20 heavy (non-hydrogen) atoms. The minimum atomic E-state index is -3.06. The predicted octanol–water partition coefficient (Wildman–Crippen LogP) is 1.92.